The van der Waals surface area contributed by atoms with Crippen molar-refractivity contribution in [3.63, 3.8) is 0 Å². The molecule has 1 aliphatic heterocycles. The van der Waals surface area contributed by atoms with Gasteiger partial charge in [0.25, 0.3) is 0 Å². The lowest BCUT2D eigenvalue weighted by Crippen LogP contribution is -2.54. The zero-order valence-corrected chi connectivity index (χ0v) is 18.1. The van der Waals surface area contributed by atoms with E-state index in [4.69, 9.17) is 0 Å². The van der Waals surface area contributed by atoms with E-state index >= 15 is 0 Å². The number of likely N-dealkylation sites (tertiary alicyclic amines) is 1. The van der Waals surface area contributed by atoms with E-state index in [0.717, 1.165) is 23.4 Å². The number of likely N-dealkylation sites (N-methyl/N-ethyl adjacent to an activating group) is 1. The lowest BCUT2D eigenvalue weighted by Gasteiger charge is -2.37. The Morgan fingerprint density at radius 3 is 2.68 bits per heavy atom. The molecule has 1 aliphatic rings. The van der Waals surface area contributed by atoms with Crippen molar-refractivity contribution in [3.05, 3.63) is 28.9 Å². The zero-order chi connectivity index (χ0) is 20.5. The molecule has 2 aromatic heterocycles. The zero-order valence-electron chi connectivity index (χ0n) is 16.5. The van der Waals surface area contributed by atoms with Gasteiger partial charge in [0, 0.05) is 24.7 Å². The van der Waals surface area contributed by atoms with Gasteiger partial charge in [-0.3, -0.25) is 10.00 Å². The van der Waals surface area contributed by atoms with Crippen molar-refractivity contribution in [2.45, 2.75) is 32.7 Å². The molecule has 1 fully saturated rings. The number of rotatable bonds is 5. The van der Waals surface area contributed by atoms with Crippen LogP contribution in [-0.2, 0) is 17.3 Å². The highest BCUT2D eigenvalue weighted by Crippen LogP contribution is 2.27. The third kappa shape index (κ3) is 4.65. The van der Waals surface area contributed by atoms with Gasteiger partial charge in [-0.1, -0.05) is 0 Å². The van der Waals surface area contributed by atoms with Crippen LogP contribution in [0.5, 0.6) is 0 Å². The number of nitrogens with one attached hydrogen (secondary N) is 2. The Kier molecular flexibility index (Phi) is 5.96. The Bertz CT molecular complexity index is 952. The molecule has 2 N–H and O–H groups in total. The summed E-state index contributed by atoms with van der Waals surface area (Å²) < 4.78 is 31.3. The number of carbonyl (C=O) groups is 1. The van der Waals surface area contributed by atoms with Gasteiger partial charge in [0.15, 0.2) is 0 Å². The lowest BCUT2D eigenvalue weighted by atomic mass is 10.1. The largest absolute Gasteiger partial charge is 0.334 e. The number of piperidine rings is 1. The van der Waals surface area contributed by atoms with Crippen molar-refractivity contribution in [1.82, 2.24) is 19.4 Å². The molecular weight excluding hydrogens is 400 g/mol. The summed E-state index contributed by atoms with van der Waals surface area (Å²) in [6.07, 6.45) is 4.73. The number of anilines is 2. The van der Waals surface area contributed by atoms with Crippen LogP contribution in [0.2, 0.25) is 0 Å². The minimum absolute atomic E-state index is 0.279. The van der Waals surface area contributed by atoms with Crippen LogP contribution in [0, 0.1) is 13.8 Å². The molecule has 1 unspecified atom stereocenters. The van der Waals surface area contributed by atoms with Crippen molar-refractivity contribution < 1.29 is 13.2 Å². The number of urea groups is 1. The summed E-state index contributed by atoms with van der Waals surface area (Å²) in [4.78, 5) is 15.6. The van der Waals surface area contributed by atoms with E-state index in [1.54, 1.807) is 17.9 Å². The monoisotopic (exact) mass is 426 g/mol. The predicted octanol–water partition coefficient (Wildman–Crippen LogP) is 2.07. The van der Waals surface area contributed by atoms with E-state index in [0.29, 0.717) is 23.7 Å². The van der Waals surface area contributed by atoms with Crippen molar-refractivity contribution >= 4 is 38.3 Å². The summed E-state index contributed by atoms with van der Waals surface area (Å²) >= 11 is 1.40. The number of hydrogen-bond acceptors (Lipinski definition) is 6. The Labute approximate surface area is 169 Å². The Hall–Kier alpha value is -2.11. The second kappa shape index (κ2) is 8.10. The fraction of sp³-hybridized carbons (Fsp3) is 0.529. The van der Waals surface area contributed by atoms with E-state index in [2.05, 4.69) is 20.0 Å². The molecule has 0 saturated carbocycles. The third-order valence-corrected chi connectivity index (χ3v) is 7.16. The van der Waals surface area contributed by atoms with Crippen LogP contribution in [0.25, 0.3) is 0 Å². The first-order valence-electron chi connectivity index (χ1n) is 9.03. The van der Waals surface area contributed by atoms with Gasteiger partial charge >= 0.3 is 16.2 Å². The lowest BCUT2D eigenvalue weighted by molar-refractivity contribution is 0.251. The van der Waals surface area contributed by atoms with Gasteiger partial charge in [0.2, 0.25) is 0 Å². The van der Waals surface area contributed by atoms with Crippen LogP contribution < -0.4 is 14.3 Å². The maximum atomic E-state index is 13.1. The summed E-state index contributed by atoms with van der Waals surface area (Å²) in [5, 5.41) is 7.37. The van der Waals surface area contributed by atoms with Gasteiger partial charge in [-0.2, -0.15) is 13.5 Å². The first-order valence-corrected chi connectivity index (χ1v) is 11.3. The number of aryl methyl sites for hydroxylation is 3. The molecule has 3 heterocycles. The van der Waals surface area contributed by atoms with E-state index < -0.39 is 16.2 Å². The SMILES string of the molecule is Cc1cc(C)c(NC(=O)NS(=O)(=O)N(c2cnn(C)c2)C2CCCN(C)C2)s1. The number of aromatic nitrogens is 2. The van der Waals surface area contributed by atoms with Gasteiger partial charge in [-0.15, -0.1) is 11.3 Å². The molecule has 2 aromatic rings. The molecule has 1 atom stereocenters. The first kappa shape index (κ1) is 20.6. The number of hydrogen-bond donors (Lipinski definition) is 2. The molecule has 0 aliphatic carbocycles. The van der Waals surface area contributed by atoms with Crippen LogP contribution in [-0.4, -0.2) is 55.3 Å². The molecule has 28 heavy (non-hydrogen) atoms. The van der Waals surface area contributed by atoms with Crippen LogP contribution in [0.1, 0.15) is 23.3 Å². The number of amides is 2. The molecule has 0 spiro atoms. The van der Waals surface area contributed by atoms with Crippen LogP contribution in [0.3, 0.4) is 0 Å². The molecule has 1 saturated heterocycles. The van der Waals surface area contributed by atoms with Crippen molar-refractivity contribution in [2.75, 3.05) is 29.8 Å². The van der Waals surface area contributed by atoms with Gasteiger partial charge < -0.3 is 4.90 Å². The number of carbonyl (C=O) groups excluding carboxylic acids is 1. The third-order valence-electron chi connectivity index (χ3n) is 4.63. The highest BCUT2D eigenvalue weighted by Gasteiger charge is 2.34. The highest BCUT2D eigenvalue weighted by atomic mass is 32.2. The van der Waals surface area contributed by atoms with Crippen LogP contribution in [0.4, 0.5) is 15.5 Å². The standard InChI is InChI=1S/C17H26N6O3S2/c1-12-8-13(2)27-16(12)19-17(24)20-28(25,26)23(15-9-18-22(4)11-15)14-6-5-7-21(3)10-14/h8-9,11,14H,5-7,10H2,1-4H3,(H2,19,20,24). The van der Waals surface area contributed by atoms with Crippen LogP contribution >= 0.6 is 11.3 Å². The van der Waals surface area contributed by atoms with Crippen molar-refractivity contribution in [2.24, 2.45) is 7.05 Å². The van der Waals surface area contributed by atoms with Gasteiger partial charge in [0.05, 0.1) is 22.9 Å². The molecule has 11 heteroatoms. The second-order valence-electron chi connectivity index (χ2n) is 7.16. The maximum Gasteiger partial charge on any atom is 0.334 e. The summed E-state index contributed by atoms with van der Waals surface area (Å²) in [5.74, 6) is 0. The fourth-order valence-electron chi connectivity index (χ4n) is 3.46. The molecule has 0 radical (unpaired) electrons. The summed E-state index contributed by atoms with van der Waals surface area (Å²) in [6.45, 7) is 5.30. The molecule has 9 nitrogen and oxygen atoms in total. The van der Waals surface area contributed by atoms with Crippen molar-refractivity contribution in [1.29, 1.82) is 0 Å². The Morgan fingerprint density at radius 2 is 2.11 bits per heavy atom. The predicted molar refractivity (Wildman–Crippen MR) is 111 cm³/mol. The molecule has 3 rings (SSSR count). The van der Waals surface area contributed by atoms with Gasteiger partial charge in [-0.25, -0.2) is 13.8 Å². The molecule has 154 valence electrons. The van der Waals surface area contributed by atoms with Crippen LogP contribution in [0.15, 0.2) is 18.5 Å². The Morgan fingerprint density at radius 1 is 1.36 bits per heavy atom. The topological polar surface area (TPSA) is 99.6 Å². The summed E-state index contributed by atoms with van der Waals surface area (Å²) in [7, 11) is -0.429. The minimum atomic E-state index is -4.11. The van der Waals surface area contributed by atoms with E-state index in [1.807, 2.05) is 27.0 Å². The molecule has 0 bridgehead atoms. The summed E-state index contributed by atoms with van der Waals surface area (Å²) in [6, 6.07) is 0.885. The van der Waals surface area contributed by atoms with E-state index in [9.17, 15) is 13.2 Å². The molecule has 0 aromatic carbocycles. The van der Waals surface area contributed by atoms with E-state index in [1.165, 1.54) is 21.8 Å². The Balaban J connectivity index is 1.83. The number of nitrogens with zero attached hydrogens (tertiary/aromatic N) is 4. The summed E-state index contributed by atoms with van der Waals surface area (Å²) in [5.41, 5.74) is 1.33. The van der Waals surface area contributed by atoms with Gasteiger partial charge in [0.1, 0.15) is 0 Å². The average Bonchev–Trinajstić information content (AvgIpc) is 3.12. The molecular formula is C17H26N6O3S2. The average molecular weight is 427 g/mol. The second-order valence-corrected chi connectivity index (χ2v) is 9.96. The van der Waals surface area contributed by atoms with Gasteiger partial charge in [-0.05, 0) is 51.9 Å². The number of thiophene rings is 1. The van der Waals surface area contributed by atoms with E-state index in [-0.39, 0.29) is 6.04 Å². The highest BCUT2D eigenvalue weighted by molar-refractivity contribution is 7.91. The smallest absolute Gasteiger partial charge is 0.304 e. The maximum absolute atomic E-state index is 13.1. The quantitative estimate of drug-likeness (QED) is 0.762. The minimum Gasteiger partial charge on any atom is -0.304 e. The first-order chi connectivity index (χ1) is 13.2. The normalized spacial score (nSPS) is 18.1. The fourth-order valence-corrected chi connectivity index (χ4v) is 5.70. The molecule has 2 amide bonds. The van der Waals surface area contributed by atoms with Crippen molar-refractivity contribution in [3.8, 4) is 0 Å².